The number of aliphatic carboxylic acids is 1. The average molecular weight is 361 g/mol. The number of hydrogen-bond acceptors (Lipinski definition) is 4. The van der Waals surface area contributed by atoms with Gasteiger partial charge >= 0.3 is 5.97 Å². The van der Waals surface area contributed by atoms with Gasteiger partial charge in [0.15, 0.2) is 0 Å². The predicted molar refractivity (Wildman–Crippen MR) is 77.8 cm³/mol. The van der Waals surface area contributed by atoms with Crippen LogP contribution in [0.4, 0.5) is 15.8 Å². The summed E-state index contributed by atoms with van der Waals surface area (Å²) in [5, 5.41) is 23.3. The van der Waals surface area contributed by atoms with Crippen LogP contribution in [0.5, 0.6) is 0 Å². The summed E-state index contributed by atoms with van der Waals surface area (Å²) in [6, 6.07) is 2.00. The second kappa shape index (κ2) is 5.97. The summed E-state index contributed by atoms with van der Waals surface area (Å²) in [7, 11) is 0. The molecule has 6 nitrogen and oxygen atoms in total. The molecule has 1 aromatic rings. The largest absolute Gasteiger partial charge is 0.480 e. The lowest BCUT2D eigenvalue weighted by Crippen LogP contribution is -2.48. The third-order valence-corrected chi connectivity index (χ3v) is 4.33. The van der Waals surface area contributed by atoms with Crippen molar-refractivity contribution in [3.63, 3.8) is 0 Å². The van der Waals surface area contributed by atoms with Crippen LogP contribution in [0.3, 0.4) is 0 Å². The number of nitro benzene ring substituents is 1. The van der Waals surface area contributed by atoms with Gasteiger partial charge < -0.3 is 10.4 Å². The van der Waals surface area contributed by atoms with Gasteiger partial charge in [0, 0.05) is 12.1 Å². The fourth-order valence-electron chi connectivity index (χ4n) is 2.59. The van der Waals surface area contributed by atoms with Gasteiger partial charge in [0.05, 0.1) is 9.40 Å². The van der Waals surface area contributed by atoms with E-state index in [0.717, 1.165) is 18.6 Å². The molecular weight excluding hydrogens is 347 g/mol. The molecule has 114 valence electrons. The number of nitrogens with one attached hydrogen (secondary N) is 1. The molecule has 0 aromatic heterocycles. The lowest BCUT2D eigenvalue weighted by Gasteiger charge is -2.34. The zero-order valence-corrected chi connectivity index (χ0v) is 12.7. The third-order valence-electron chi connectivity index (χ3n) is 3.73. The Morgan fingerprint density at radius 3 is 2.52 bits per heavy atom. The molecule has 0 spiro atoms. The van der Waals surface area contributed by atoms with Crippen LogP contribution < -0.4 is 5.32 Å². The first-order valence-electron chi connectivity index (χ1n) is 6.51. The predicted octanol–water partition coefficient (Wildman–Crippen LogP) is 3.70. The highest BCUT2D eigenvalue weighted by Gasteiger charge is 2.41. The van der Waals surface area contributed by atoms with Crippen LogP contribution in [0.15, 0.2) is 16.6 Å². The molecule has 1 aliphatic rings. The van der Waals surface area contributed by atoms with Gasteiger partial charge in [-0.25, -0.2) is 9.18 Å². The van der Waals surface area contributed by atoms with Crippen molar-refractivity contribution < 1.29 is 19.2 Å². The molecule has 0 bridgehead atoms. The summed E-state index contributed by atoms with van der Waals surface area (Å²) in [5.41, 5.74) is -1.73. The van der Waals surface area contributed by atoms with Crippen molar-refractivity contribution in [2.75, 3.05) is 5.32 Å². The van der Waals surface area contributed by atoms with Crippen molar-refractivity contribution in [3.8, 4) is 0 Å². The Kier molecular flexibility index (Phi) is 4.46. The molecule has 2 N–H and O–H groups in total. The van der Waals surface area contributed by atoms with E-state index in [-0.39, 0.29) is 15.8 Å². The normalized spacial score (nSPS) is 17.2. The molecule has 2 rings (SSSR count). The Bertz CT molecular complexity index is 588. The number of rotatable bonds is 4. The first-order valence-corrected chi connectivity index (χ1v) is 7.30. The van der Waals surface area contributed by atoms with Crippen molar-refractivity contribution in [1.82, 2.24) is 0 Å². The summed E-state index contributed by atoms with van der Waals surface area (Å²) in [6.45, 7) is 0. The molecule has 8 heteroatoms. The highest BCUT2D eigenvalue weighted by Crippen LogP contribution is 2.37. The van der Waals surface area contributed by atoms with Crippen molar-refractivity contribution in [2.45, 2.75) is 37.6 Å². The molecule has 21 heavy (non-hydrogen) atoms. The lowest BCUT2D eigenvalue weighted by molar-refractivity contribution is -0.384. The van der Waals surface area contributed by atoms with E-state index in [1.807, 2.05) is 0 Å². The van der Waals surface area contributed by atoms with Gasteiger partial charge in [-0.1, -0.05) is 19.3 Å². The maximum atomic E-state index is 13.6. The van der Waals surface area contributed by atoms with E-state index in [1.54, 1.807) is 0 Å². The summed E-state index contributed by atoms with van der Waals surface area (Å²) in [4.78, 5) is 22.0. The SMILES string of the molecule is O=C(O)C1(Nc2cc(F)c(Br)cc2[N+](=O)[O-])CCCCC1. The smallest absolute Gasteiger partial charge is 0.329 e. The zero-order valence-electron chi connectivity index (χ0n) is 11.1. The summed E-state index contributed by atoms with van der Waals surface area (Å²) in [5.74, 6) is -1.75. The second-order valence-corrected chi connectivity index (χ2v) is 5.97. The number of carboxylic acids is 1. The van der Waals surface area contributed by atoms with Crippen molar-refractivity contribution >= 4 is 33.3 Å². The van der Waals surface area contributed by atoms with E-state index in [9.17, 15) is 24.4 Å². The molecule has 1 aromatic carbocycles. The van der Waals surface area contributed by atoms with Gasteiger partial charge in [-0.2, -0.15) is 0 Å². The monoisotopic (exact) mass is 360 g/mol. The van der Waals surface area contributed by atoms with Crippen LogP contribution in [0, 0.1) is 15.9 Å². The Morgan fingerprint density at radius 2 is 2.00 bits per heavy atom. The molecule has 0 radical (unpaired) electrons. The number of hydrogen-bond donors (Lipinski definition) is 2. The van der Waals surface area contributed by atoms with E-state index in [1.165, 1.54) is 0 Å². The summed E-state index contributed by atoms with van der Waals surface area (Å²) in [6.07, 6.45) is 3.07. The van der Waals surface area contributed by atoms with E-state index in [4.69, 9.17) is 0 Å². The molecule has 0 aliphatic heterocycles. The summed E-state index contributed by atoms with van der Waals surface area (Å²) >= 11 is 2.89. The van der Waals surface area contributed by atoms with Crippen LogP contribution >= 0.6 is 15.9 Å². The highest BCUT2D eigenvalue weighted by atomic mass is 79.9. The van der Waals surface area contributed by atoms with Crippen molar-refractivity contribution in [2.24, 2.45) is 0 Å². The molecule has 0 heterocycles. The minimum Gasteiger partial charge on any atom is -0.480 e. The number of nitro groups is 1. The molecule has 1 saturated carbocycles. The first-order chi connectivity index (χ1) is 9.85. The number of carboxylic acid groups (broad SMARTS) is 1. The minimum atomic E-state index is -1.27. The van der Waals surface area contributed by atoms with E-state index in [0.29, 0.717) is 25.7 Å². The number of benzene rings is 1. The van der Waals surface area contributed by atoms with E-state index >= 15 is 0 Å². The maximum absolute atomic E-state index is 13.6. The summed E-state index contributed by atoms with van der Waals surface area (Å²) < 4.78 is 13.6. The minimum absolute atomic E-state index is 0.0345. The van der Waals surface area contributed by atoms with Crippen LogP contribution in [-0.4, -0.2) is 21.5 Å². The van der Waals surface area contributed by atoms with Crippen LogP contribution in [-0.2, 0) is 4.79 Å². The van der Waals surface area contributed by atoms with Crippen LogP contribution in [0.25, 0.3) is 0 Å². The molecule has 0 unspecified atom stereocenters. The molecule has 0 atom stereocenters. The van der Waals surface area contributed by atoms with Gasteiger partial charge in [0.2, 0.25) is 0 Å². The Morgan fingerprint density at radius 1 is 1.38 bits per heavy atom. The Balaban J connectivity index is 2.43. The van der Waals surface area contributed by atoms with Crippen molar-refractivity contribution in [1.29, 1.82) is 0 Å². The van der Waals surface area contributed by atoms with Gasteiger partial charge in [-0.3, -0.25) is 10.1 Å². The fourth-order valence-corrected chi connectivity index (χ4v) is 2.92. The standard InChI is InChI=1S/C13H14BrFN2O4/c14-8-6-11(17(20)21)10(7-9(8)15)16-13(12(18)19)4-2-1-3-5-13/h6-7,16H,1-5H2,(H,18,19). The topological polar surface area (TPSA) is 92.5 Å². The van der Waals surface area contributed by atoms with Gasteiger partial charge in [-0.15, -0.1) is 0 Å². The molecular formula is C13H14BrFN2O4. The first kappa shape index (κ1) is 15.7. The Labute approximate surface area is 128 Å². The van der Waals surface area contributed by atoms with E-state index < -0.39 is 22.2 Å². The Hall–Kier alpha value is -1.70. The lowest BCUT2D eigenvalue weighted by atomic mass is 9.81. The average Bonchev–Trinajstić information content (AvgIpc) is 2.43. The second-order valence-electron chi connectivity index (χ2n) is 5.11. The van der Waals surface area contributed by atoms with Gasteiger partial charge in [-0.05, 0) is 28.8 Å². The molecule has 0 saturated heterocycles. The van der Waals surface area contributed by atoms with Crippen molar-refractivity contribution in [3.05, 3.63) is 32.5 Å². The number of carbonyl (C=O) groups is 1. The van der Waals surface area contributed by atoms with Crippen LogP contribution in [0.2, 0.25) is 0 Å². The third kappa shape index (κ3) is 3.15. The number of halogens is 2. The number of anilines is 1. The highest BCUT2D eigenvalue weighted by molar-refractivity contribution is 9.10. The van der Waals surface area contributed by atoms with E-state index in [2.05, 4.69) is 21.2 Å². The zero-order chi connectivity index (χ0) is 15.6. The quantitative estimate of drug-likeness (QED) is 0.630. The van der Waals surface area contributed by atoms with Gasteiger partial charge in [0.1, 0.15) is 17.0 Å². The maximum Gasteiger partial charge on any atom is 0.329 e. The number of nitrogens with zero attached hydrogens (tertiary/aromatic N) is 1. The molecule has 1 aliphatic carbocycles. The van der Waals surface area contributed by atoms with Gasteiger partial charge in [0.25, 0.3) is 5.69 Å². The molecule has 0 amide bonds. The fraction of sp³-hybridized carbons (Fsp3) is 0.462. The van der Waals surface area contributed by atoms with Crippen LogP contribution in [0.1, 0.15) is 32.1 Å². The molecule has 1 fully saturated rings.